The summed E-state index contributed by atoms with van der Waals surface area (Å²) in [5, 5.41) is 9.54. The highest BCUT2D eigenvalue weighted by molar-refractivity contribution is 7.09. The van der Waals surface area contributed by atoms with E-state index in [9.17, 15) is 0 Å². The zero-order valence-corrected chi connectivity index (χ0v) is 9.92. The highest BCUT2D eigenvalue weighted by Gasteiger charge is 1.97. The minimum absolute atomic E-state index is 0.877. The molecule has 0 atom stereocenters. The molecule has 0 amide bonds. The number of hydrogen-bond donors (Lipinski definition) is 2. The summed E-state index contributed by atoms with van der Waals surface area (Å²) in [6.45, 7) is 0.877. The van der Waals surface area contributed by atoms with E-state index in [0.29, 0.717) is 0 Å². The molecule has 16 heavy (non-hydrogen) atoms. The molecule has 0 saturated heterocycles. The van der Waals surface area contributed by atoms with Crippen molar-refractivity contribution in [2.24, 2.45) is 0 Å². The minimum Gasteiger partial charge on any atom is -0.387 e. The fourth-order valence-corrected chi connectivity index (χ4v) is 1.98. The Bertz CT molecular complexity index is 427. The van der Waals surface area contributed by atoms with Gasteiger partial charge in [0.15, 0.2) is 0 Å². The number of anilines is 2. The number of nitrogens with one attached hydrogen (secondary N) is 2. The molecule has 0 unspecified atom stereocenters. The molecule has 0 aliphatic heterocycles. The van der Waals surface area contributed by atoms with E-state index in [4.69, 9.17) is 0 Å². The van der Waals surface area contributed by atoms with Crippen LogP contribution in [0.15, 0.2) is 30.0 Å². The van der Waals surface area contributed by atoms with Crippen LogP contribution >= 0.6 is 11.3 Å². The normalized spacial score (nSPS) is 10.1. The summed E-state index contributed by atoms with van der Waals surface area (Å²) in [4.78, 5) is 8.36. The van der Waals surface area contributed by atoms with Crippen molar-refractivity contribution in [2.45, 2.75) is 6.42 Å². The molecule has 0 aromatic carbocycles. The van der Waals surface area contributed by atoms with Gasteiger partial charge in [0.25, 0.3) is 0 Å². The second-order valence-electron chi connectivity index (χ2n) is 3.31. The summed E-state index contributed by atoms with van der Waals surface area (Å²) in [6.07, 6.45) is 6.40. The average Bonchev–Trinajstić information content (AvgIpc) is 2.82. The predicted molar refractivity (Wildman–Crippen MR) is 68.1 cm³/mol. The Morgan fingerprint density at radius 3 is 2.94 bits per heavy atom. The summed E-state index contributed by atoms with van der Waals surface area (Å²) in [7, 11) is 1.89. The first kappa shape index (κ1) is 10.9. The van der Waals surface area contributed by atoms with E-state index in [2.05, 4.69) is 20.6 Å². The van der Waals surface area contributed by atoms with Crippen LogP contribution in [-0.2, 0) is 6.42 Å². The molecule has 2 rings (SSSR count). The van der Waals surface area contributed by atoms with Crippen molar-refractivity contribution in [2.75, 3.05) is 24.2 Å². The summed E-state index contributed by atoms with van der Waals surface area (Å²) in [5.41, 5.74) is 2.04. The highest BCUT2D eigenvalue weighted by Crippen LogP contribution is 2.12. The van der Waals surface area contributed by atoms with Crippen LogP contribution in [0.2, 0.25) is 0 Å². The molecule has 2 heterocycles. The number of rotatable bonds is 5. The van der Waals surface area contributed by atoms with Crippen LogP contribution < -0.4 is 10.6 Å². The van der Waals surface area contributed by atoms with E-state index in [-0.39, 0.29) is 0 Å². The molecular weight excluding hydrogens is 220 g/mol. The van der Waals surface area contributed by atoms with Gasteiger partial charge in [0, 0.05) is 31.6 Å². The SMILES string of the molecule is CNc1cncc(NCCc2nccs2)c1. The molecule has 0 radical (unpaired) electrons. The lowest BCUT2D eigenvalue weighted by molar-refractivity contribution is 0.996. The highest BCUT2D eigenvalue weighted by atomic mass is 32.1. The van der Waals surface area contributed by atoms with Gasteiger partial charge in [0.05, 0.1) is 28.8 Å². The van der Waals surface area contributed by atoms with Crippen LogP contribution in [0, 0.1) is 0 Å². The van der Waals surface area contributed by atoms with Gasteiger partial charge < -0.3 is 10.6 Å². The van der Waals surface area contributed by atoms with E-state index in [1.807, 2.05) is 30.9 Å². The Balaban J connectivity index is 1.85. The number of nitrogens with zero attached hydrogens (tertiary/aromatic N) is 2. The van der Waals surface area contributed by atoms with Crippen molar-refractivity contribution >= 4 is 22.7 Å². The second-order valence-corrected chi connectivity index (χ2v) is 4.29. The van der Waals surface area contributed by atoms with E-state index >= 15 is 0 Å². The van der Waals surface area contributed by atoms with Crippen molar-refractivity contribution in [1.29, 1.82) is 0 Å². The molecule has 0 bridgehead atoms. The van der Waals surface area contributed by atoms with Crippen molar-refractivity contribution < 1.29 is 0 Å². The van der Waals surface area contributed by atoms with E-state index in [0.717, 1.165) is 29.3 Å². The Morgan fingerprint density at radius 2 is 2.19 bits per heavy atom. The molecule has 2 N–H and O–H groups in total. The molecule has 0 fully saturated rings. The first-order valence-corrected chi connectivity index (χ1v) is 6.01. The lowest BCUT2D eigenvalue weighted by Gasteiger charge is -2.06. The third kappa shape index (κ3) is 2.93. The molecule has 0 spiro atoms. The molecule has 0 saturated carbocycles. The third-order valence-electron chi connectivity index (χ3n) is 2.18. The Kier molecular flexibility index (Phi) is 3.71. The fourth-order valence-electron chi connectivity index (χ4n) is 1.36. The molecule has 84 valence electrons. The molecular formula is C11H14N4S. The summed E-state index contributed by atoms with van der Waals surface area (Å²) in [5.74, 6) is 0. The van der Waals surface area contributed by atoms with Crippen molar-refractivity contribution in [3.63, 3.8) is 0 Å². The van der Waals surface area contributed by atoms with Crippen LogP contribution in [0.3, 0.4) is 0 Å². The van der Waals surface area contributed by atoms with Crippen molar-refractivity contribution in [3.8, 4) is 0 Å². The fraction of sp³-hybridized carbons (Fsp3) is 0.273. The molecule has 4 nitrogen and oxygen atoms in total. The summed E-state index contributed by atoms with van der Waals surface area (Å²) >= 11 is 1.69. The van der Waals surface area contributed by atoms with Crippen LogP contribution in [-0.4, -0.2) is 23.6 Å². The predicted octanol–water partition coefficient (Wildman–Crippen LogP) is 2.23. The van der Waals surface area contributed by atoms with Gasteiger partial charge in [0.1, 0.15) is 0 Å². The first-order valence-electron chi connectivity index (χ1n) is 5.13. The van der Waals surface area contributed by atoms with Gasteiger partial charge in [-0.25, -0.2) is 4.98 Å². The van der Waals surface area contributed by atoms with Crippen molar-refractivity contribution in [1.82, 2.24) is 9.97 Å². The van der Waals surface area contributed by atoms with Crippen molar-refractivity contribution in [3.05, 3.63) is 35.0 Å². The number of aromatic nitrogens is 2. The van der Waals surface area contributed by atoms with Gasteiger partial charge in [-0.15, -0.1) is 11.3 Å². The Labute approximate surface area is 98.8 Å². The maximum Gasteiger partial charge on any atom is 0.0942 e. The molecule has 0 aliphatic rings. The zero-order valence-electron chi connectivity index (χ0n) is 9.10. The third-order valence-corrected chi connectivity index (χ3v) is 3.02. The molecule has 2 aromatic heterocycles. The minimum atomic E-state index is 0.877. The lowest BCUT2D eigenvalue weighted by Crippen LogP contribution is -2.05. The number of pyridine rings is 1. The molecule has 5 heteroatoms. The van der Waals surface area contributed by atoms with E-state index in [1.54, 1.807) is 17.5 Å². The zero-order chi connectivity index (χ0) is 11.2. The van der Waals surface area contributed by atoms with Gasteiger partial charge in [0.2, 0.25) is 0 Å². The lowest BCUT2D eigenvalue weighted by atomic mass is 10.3. The van der Waals surface area contributed by atoms with Crippen LogP contribution in [0.25, 0.3) is 0 Å². The van der Waals surface area contributed by atoms with Gasteiger partial charge in [-0.3, -0.25) is 4.98 Å². The first-order chi connectivity index (χ1) is 7.88. The standard InChI is InChI=1S/C11H14N4S/c1-12-9-6-10(8-13-7-9)14-3-2-11-15-4-5-16-11/h4-8,12,14H,2-3H2,1H3. The van der Waals surface area contributed by atoms with Gasteiger partial charge in [-0.2, -0.15) is 0 Å². The quantitative estimate of drug-likeness (QED) is 0.833. The number of thiazole rings is 1. The number of hydrogen-bond acceptors (Lipinski definition) is 5. The largest absolute Gasteiger partial charge is 0.387 e. The van der Waals surface area contributed by atoms with Crippen LogP contribution in [0.5, 0.6) is 0 Å². The maximum absolute atomic E-state index is 4.23. The van der Waals surface area contributed by atoms with Gasteiger partial charge >= 0.3 is 0 Å². The summed E-state index contributed by atoms with van der Waals surface area (Å²) in [6, 6.07) is 2.04. The Hall–Kier alpha value is -1.62. The second kappa shape index (κ2) is 5.46. The topological polar surface area (TPSA) is 49.8 Å². The monoisotopic (exact) mass is 234 g/mol. The smallest absolute Gasteiger partial charge is 0.0942 e. The Morgan fingerprint density at radius 1 is 1.31 bits per heavy atom. The van der Waals surface area contributed by atoms with Gasteiger partial charge in [-0.05, 0) is 6.07 Å². The summed E-state index contributed by atoms with van der Waals surface area (Å²) < 4.78 is 0. The van der Waals surface area contributed by atoms with Crippen LogP contribution in [0.4, 0.5) is 11.4 Å². The molecule has 0 aliphatic carbocycles. The van der Waals surface area contributed by atoms with Crippen LogP contribution in [0.1, 0.15) is 5.01 Å². The van der Waals surface area contributed by atoms with E-state index in [1.165, 1.54) is 0 Å². The van der Waals surface area contributed by atoms with E-state index < -0.39 is 0 Å². The molecule has 2 aromatic rings. The maximum atomic E-state index is 4.23. The average molecular weight is 234 g/mol. The van der Waals surface area contributed by atoms with Gasteiger partial charge in [-0.1, -0.05) is 0 Å².